The zero-order valence-electron chi connectivity index (χ0n) is 18.9. The normalized spacial score (nSPS) is 18.0. The number of likely N-dealkylation sites (N-methyl/N-ethyl adjacent to an activating group) is 1. The molecule has 0 atom stereocenters. The summed E-state index contributed by atoms with van der Waals surface area (Å²) in [6, 6.07) is 19.9. The number of hydrogen-bond acceptors (Lipinski definition) is 5. The van der Waals surface area contributed by atoms with Crippen LogP contribution in [0.25, 0.3) is 22.0 Å². The molecule has 32 heavy (non-hydrogen) atoms. The summed E-state index contributed by atoms with van der Waals surface area (Å²) in [5.41, 5.74) is 3.77. The smallest absolute Gasteiger partial charge is 0.137 e. The third-order valence-electron chi connectivity index (χ3n) is 6.63. The molecule has 170 valence electrons. The average Bonchev–Trinajstić information content (AvgIpc) is 2.84. The van der Waals surface area contributed by atoms with Gasteiger partial charge in [-0.15, -0.1) is 12.4 Å². The van der Waals surface area contributed by atoms with Crippen molar-refractivity contribution in [3.8, 4) is 11.3 Å². The molecule has 0 radical (unpaired) electrons. The van der Waals surface area contributed by atoms with Crippen LogP contribution in [0, 0.1) is 0 Å². The first-order valence-electron chi connectivity index (χ1n) is 11.6. The first-order valence-corrected chi connectivity index (χ1v) is 12.7. The molecule has 3 aromatic rings. The number of halogens is 1. The van der Waals surface area contributed by atoms with E-state index in [-0.39, 0.29) is 12.4 Å². The first kappa shape index (κ1) is 23.4. The minimum absolute atomic E-state index is 0. The lowest BCUT2D eigenvalue weighted by Crippen LogP contribution is -2.46. The highest BCUT2D eigenvalue weighted by Gasteiger charge is 2.21. The van der Waals surface area contributed by atoms with Gasteiger partial charge in [-0.1, -0.05) is 55.5 Å². The summed E-state index contributed by atoms with van der Waals surface area (Å²) in [6.07, 6.45) is 0. The monoisotopic (exact) mass is 468 g/mol. The number of rotatable bonds is 5. The summed E-state index contributed by atoms with van der Waals surface area (Å²) in [6.45, 7) is 11.1. The van der Waals surface area contributed by atoms with Gasteiger partial charge in [0, 0.05) is 68.3 Å². The molecule has 2 saturated heterocycles. The van der Waals surface area contributed by atoms with Gasteiger partial charge < -0.3 is 9.80 Å². The molecule has 1 aromatic heterocycles. The molecule has 2 aliphatic heterocycles. The van der Waals surface area contributed by atoms with Gasteiger partial charge in [0.05, 0.1) is 5.69 Å². The number of anilines is 1. The van der Waals surface area contributed by atoms with Crippen molar-refractivity contribution >= 4 is 40.8 Å². The van der Waals surface area contributed by atoms with Crippen LogP contribution in [0.3, 0.4) is 0 Å². The van der Waals surface area contributed by atoms with E-state index < -0.39 is 0 Å². The molecule has 2 aliphatic rings. The van der Waals surface area contributed by atoms with E-state index in [0.717, 1.165) is 50.8 Å². The highest BCUT2D eigenvalue weighted by molar-refractivity contribution is 7.99. The van der Waals surface area contributed by atoms with Gasteiger partial charge in [-0.25, -0.2) is 4.98 Å². The third kappa shape index (κ3) is 5.07. The minimum Gasteiger partial charge on any atom is -0.354 e. The number of benzene rings is 2. The van der Waals surface area contributed by atoms with Crippen LogP contribution in [-0.2, 0) is 6.54 Å². The lowest BCUT2D eigenvalue weighted by Gasteiger charge is -2.35. The molecule has 0 unspecified atom stereocenters. The number of fused-ring (bicyclic) bond motifs is 1. The van der Waals surface area contributed by atoms with Gasteiger partial charge in [0.2, 0.25) is 0 Å². The zero-order chi connectivity index (χ0) is 21.0. The molecular formula is C26H33ClN4S. The molecular weight excluding hydrogens is 436 g/mol. The Balaban J connectivity index is 0.00000245. The van der Waals surface area contributed by atoms with Gasteiger partial charge in [0.1, 0.15) is 5.82 Å². The van der Waals surface area contributed by atoms with E-state index in [1.54, 1.807) is 0 Å². The predicted octanol–water partition coefficient (Wildman–Crippen LogP) is 5.01. The Labute approximate surface area is 202 Å². The van der Waals surface area contributed by atoms with Crippen molar-refractivity contribution in [2.45, 2.75) is 13.5 Å². The van der Waals surface area contributed by atoms with E-state index in [4.69, 9.17) is 4.98 Å². The number of hydrogen-bond donors (Lipinski definition) is 0. The van der Waals surface area contributed by atoms with Gasteiger partial charge in [-0.2, -0.15) is 11.8 Å². The van der Waals surface area contributed by atoms with Crippen molar-refractivity contribution in [3.63, 3.8) is 0 Å². The molecule has 6 heteroatoms. The van der Waals surface area contributed by atoms with E-state index in [1.807, 2.05) is 0 Å². The predicted molar refractivity (Wildman–Crippen MR) is 141 cm³/mol. The quantitative estimate of drug-likeness (QED) is 0.523. The maximum Gasteiger partial charge on any atom is 0.137 e. The van der Waals surface area contributed by atoms with Crippen molar-refractivity contribution in [1.82, 2.24) is 14.8 Å². The maximum absolute atomic E-state index is 5.28. The van der Waals surface area contributed by atoms with Crippen LogP contribution in [0.1, 0.15) is 12.5 Å². The number of piperazine rings is 1. The van der Waals surface area contributed by atoms with E-state index in [2.05, 4.69) is 88.0 Å². The summed E-state index contributed by atoms with van der Waals surface area (Å²) in [7, 11) is 0. The molecule has 0 aliphatic carbocycles. The van der Waals surface area contributed by atoms with E-state index in [0.29, 0.717) is 0 Å². The molecule has 3 heterocycles. The second kappa shape index (κ2) is 10.9. The van der Waals surface area contributed by atoms with Gasteiger partial charge in [-0.3, -0.25) is 4.90 Å². The molecule has 0 spiro atoms. The van der Waals surface area contributed by atoms with Gasteiger partial charge in [-0.05, 0) is 23.6 Å². The molecule has 0 amide bonds. The first-order chi connectivity index (χ1) is 15.3. The third-order valence-corrected chi connectivity index (χ3v) is 7.57. The van der Waals surface area contributed by atoms with Crippen LogP contribution >= 0.6 is 24.2 Å². The van der Waals surface area contributed by atoms with Crippen LogP contribution < -0.4 is 4.90 Å². The molecule has 2 fully saturated rings. The fraction of sp³-hybridized carbons (Fsp3) is 0.423. The summed E-state index contributed by atoms with van der Waals surface area (Å²) in [4.78, 5) is 12.9. The second-order valence-corrected chi connectivity index (χ2v) is 9.74. The topological polar surface area (TPSA) is 22.6 Å². The highest BCUT2D eigenvalue weighted by Crippen LogP contribution is 2.32. The minimum atomic E-state index is 0. The van der Waals surface area contributed by atoms with E-state index in [1.165, 1.54) is 46.5 Å². The Kier molecular flexibility index (Phi) is 7.95. The molecule has 0 bridgehead atoms. The standard InChI is InChI=1S/C26H32N4S.ClH/c1-2-28-11-13-30(14-12-28)26-24-10-6-3-7-21(24)19-25(27-26)23-9-5-4-8-22(23)20-29-15-17-31-18-16-29;/h3-10,19H,2,11-18,20H2,1H3;1H. The summed E-state index contributed by atoms with van der Waals surface area (Å²) in [5.74, 6) is 3.63. The SMILES string of the molecule is CCN1CCN(c2nc(-c3ccccc3CN3CCSCC3)cc3ccccc23)CC1.Cl. The Morgan fingerprint density at radius 3 is 2.34 bits per heavy atom. The Morgan fingerprint density at radius 1 is 0.844 bits per heavy atom. The number of aromatic nitrogens is 1. The number of thioether (sulfide) groups is 1. The molecule has 0 saturated carbocycles. The van der Waals surface area contributed by atoms with Crippen molar-refractivity contribution in [2.75, 3.05) is 62.2 Å². The van der Waals surface area contributed by atoms with Gasteiger partial charge in [0.15, 0.2) is 0 Å². The van der Waals surface area contributed by atoms with E-state index in [9.17, 15) is 0 Å². The Morgan fingerprint density at radius 2 is 1.56 bits per heavy atom. The van der Waals surface area contributed by atoms with Crippen molar-refractivity contribution in [2.24, 2.45) is 0 Å². The zero-order valence-corrected chi connectivity index (χ0v) is 20.5. The molecule has 0 N–H and O–H groups in total. The van der Waals surface area contributed by atoms with Crippen LogP contribution in [0.15, 0.2) is 54.6 Å². The lowest BCUT2D eigenvalue weighted by molar-refractivity contribution is 0.271. The second-order valence-electron chi connectivity index (χ2n) is 8.52. The summed E-state index contributed by atoms with van der Waals surface area (Å²) in [5, 5.41) is 2.55. The number of nitrogens with zero attached hydrogens (tertiary/aromatic N) is 4. The molecule has 5 rings (SSSR count). The van der Waals surface area contributed by atoms with Crippen molar-refractivity contribution in [3.05, 3.63) is 60.2 Å². The van der Waals surface area contributed by atoms with Gasteiger partial charge >= 0.3 is 0 Å². The number of pyridine rings is 1. The van der Waals surface area contributed by atoms with Crippen LogP contribution in [-0.4, -0.2) is 72.1 Å². The largest absolute Gasteiger partial charge is 0.354 e. The highest BCUT2D eigenvalue weighted by atomic mass is 35.5. The van der Waals surface area contributed by atoms with Crippen molar-refractivity contribution < 1.29 is 0 Å². The molecule has 4 nitrogen and oxygen atoms in total. The lowest BCUT2D eigenvalue weighted by atomic mass is 10.0. The van der Waals surface area contributed by atoms with Crippen LogP contribution in [0.2, 0.25) is 0 Å². The fourth-order valence-electron chi connectivity index (χ4n) is 4.74. The van der Waals surface area contributed by atoms with Crippen molar-refractivity contribution in [1.29, 1.82) is 0 Å². The fourth-order valence-corrected chi connectivity index (χ4v) is 5.72. The van der Waals surface area contributed by atoms with E-state index >= 15 is 0 Å². The molecule has 2 aromatic carbocycles. The van der Waals surface area contributed by atoms with Gasteiger partial charge in [0.25, 0.3) is 0 Å². The van der Waals surface area contributed by atoms with Crippen LogP contribution in [0.4, 0.5) is 5.82 Å². The maximum atomic E-state index is 5.28. The summed E-state index contributed by atoms with van der Waals surface area (Å²) >= 11 is 2.07. The average molecular weight is 469 g/mol. The Hall–Kier alpha value is -1.79. The summed E-state index contributed by atoms with van der Waals surface area (Å²) < 4.78 is 0. The Bertz CT molecular complexity index is 1030. The van der Waals surface area contributed by atoms with Crippen LogP contribution in [0.5, 0.6) is 0 Å².